The van der Waals surface area contributed by atoms with Crippen LogP contribution in [0.2, 0.25) is 0 Å². The Morgan fingerprint density at radius 1 is 1.56 bits per heavy atom. The fourth-order valence-corrected chi connectivity index (χ4v) is 1.50. The molecule has 0 fully saturated rings. The maximum absolute atomic E-state index is 11.6. The van der Waals surface area contributed by atoms with Crippen molar-refractivity contribution in [3.8, 4) is 0 Å². The van der Waals surface area contributed by atoms with Crippen LogP contribution in [0.3, 0.4) is 0 Å². The highest BCUT2D eigenvalue weighted by molar-refractivity contribution is 5.95. The maximum Gasteiger partial charge on any atom is 0.341 e. The predicted octanol–water partition coefficient (Wildman–Crippen LogP) is 1.14. The molecular weight excluding hydrogens is 234 g/mol. The number of nitrogens with zero attached hydrogens (tertiary/aromatic N) is 1. The van der Waals surface area contributed by atoms with E-state index in [0.29, 0.717) is 36.1 Å². The summed E-state index contributed by atoms with van der Waals surface area (Å²) in [6.45, 7) is 3.32. The Labute approximate surface area is 106 Å². The molecule has 3 N–H and O–H groups in total. The van der Waals surface area contributed by atoms with Gasteiger partial charge in [0.1, 0.15) is 11.4 Å². The summed E-state index contributed by atoms with van der Waals surface area (Å²) in [5, 5.41) is 3.09. The molecule has 6 heteroatoms. The van der Waals surface area contributed by atoms with Crippen molar-refractivity contribution in [2.75, 3.05) is 38.4 Å². The molecule has 1 aromatic rings. The normalized spacial score (nSPS) is 11.9. The van der Waals surface area contributed by atoms with Crippen molar-refractivity contribution in [2.24, 2.45) is 5.92 Å². The third kappa shape index (κ3) is 3.89. The topological polar surface area (TPSA) is 86.5 Å². The van der Waals surface area contributed by atoms with Crippen molar-refractivity contribution in [3.63, 3.8) is 0 Å². The molecule has 0 radical (unpaired) electrons. The molecule has 1 heterocycles. The first kappa shape index (κ1) is 14.2. The van der Waals surface area contributed by atoms with Gasteiger partial charge in [0.15, 0.2) is 0 Å². The minimum absolute atomic E-state index is 0.305. The summed E-state index contributed by atoms with van der Waals surface area (Å²) < 4.78 is 9.73. The third-order valence-electron chi connectivity index (χ3n) is 2.38. The zero-order valence-corrected chi connectivity index (χ0v) is 10.9. The zero-order valence-electron chi connectivity index (χ0n) is 10.9. The van der Waals surface area contributed by atoms with Gasteiger partial charge in [-0.15, -0.1) is 0 Å². The van der Waals surface area contributed by atoms with Gasteiger partial charge in [-0.25, -0.2) is 9.78 Å². The number of nitrogen functional groups attached to an aromatic ring is 1. The minimum atomic E-state index is -0.461. The second kappa shape index (κ2) is 6.80. The van der Waals surface area contributed by atoms with E-state index in [9.17, 15) is 4.79 Å². The highest BCUT2D eigenvalue weighted by Gasteiger charge is 2.14. The molecule has 6 nitrogen and oxygen atoms in total. The van der Waals surface area contributed by atoms with Gasteiger partial charge in [0.05, 0.1) is 25.6 Å². The lowest BCUT2D eigenvalue weighted by molar-refractivity contribution is 0.0601. The molecule has 0 bridgehead atoms. The lowest BCUT2D eigenvalue weighted by Crippen LogP contribution is -2.18. The summed E-state index contributed by atoms with van der Waals surface area (Å²) in [6, 6.07) is 1.54. The van der Waals surface area contributed by atoms with E-state index < -0.39 is 5.97 Å². The molecule has 0 aromatic carbocycles. The van der Waals surface area contributed by atoms with Gasteiger partial charge in [0.25, 0.3) is 0 Å². The van der Waals surface area contributed by atoms with E-state index in [1.807, 2.05) is 6.92 Å². The van der Waals surface area contributed by atoms with E-state index in [1.165, 1.54) is 13.3 Å². The third-order valence-corrected chi connectivity index (χ3v) is 2.38. The molecule has 1 rings (SSSR count). The van der Waals surface area contributed by atoms with Gasteiger partial charge in [-0.1, -0.05) is 6.92 Å². The number of ether oxygens (including phenoxy) is 2. The molecule has 1 aromatic heterocycles. The Bertz CT molecular complexity index is 410. The standard InChI is InChI=1S/C12H19N3O3/c1-8(7-17-2)5-14-11-10(12(16)18-3)4-9(13)6-15-11/h4,6,8H,5,7,13H2,1-3H3,(H,14,15). The summed E-state index contributed by atoms with van der Waals surface area (Å²) in [7, 11) is 2.97. The van der Waals surface area contributed by atoms with E-state index in [0.717, 1.165) is 0 Å². The van der Waals surface area contributed by atoms with Gasteiger partial charge in [-0.2, -0.15) is 0 Å². The van der Waals surface area contributed by atoms with E-state index in [-0.39, 0.29) is 0 Å². The van der Waals surface area contributed by atoms with Crippen LogP contribution in [0.5, 0.6) is 0 Å². The van der Waals surface area contributed by atoms with Crippen LogP contribution in [0.15, 0.2) is 12.3 Å². The fraction of sp³-hybridized carbons (Fsp3) is 0.500. The Morgan fingerprint density at radius 3 is 2.89 bits per heavy atom. The Balaban J connectivity index is 2.78. The van der Waals surface area contributed by atoms with Crippen LogP contribution in [0.25, 0.3) is 0 Å². The fourth-order valence-electron chi connectivity index (χ4n) is 1.50. The first-order valence-electron chi connectivity index (χ1n) is 5.65. The van der Waals surface area contributed by atoms with Gasteiger partial charge in [-0.05, 0) is 12.0 Å². The number of carbonyl (C=O) groups is 1. The van der Waals surface area contributed by atoms with Gasteiger partial charge >= 0.3 is 5.97 Å². The number of hydrogen-bond acceptors (Lipinski definition) is 6. The number of anilines is 2. The van der Waals surface area contributed by atoms with Crippen molar-refractivity contribution < 1.29 is 14.3 Å². The molecule has 0 saturated carbocycles. The van der Waals surface area contributed by atoms with Crippen LogP contribution in [0.4, 0.5) is 11.5 Å². The maximum atomic E-state index is 11.6. The van der Waals surface area contributed by atoms with Crippen LogP contribution < -0.4 is 11.1 Å². The summed E-state index contributed by atoms with van der Waals surface area (Å²) in [6.07, 6.45) is 1.50. The number of methoxy groups -OCH3 is 2. The highest BCUT2D eigenvalue weighted by Crippen LogP contribution is 2.17. The summed E-state index contributed by atoms with van der Waals surface area (Å²) >= 11 is 0. The summed E-state index contributed by atoms with van der Waals surface area (Å²) in [4.78, 5) is 15.7. The van der Waals surface area contributed by atoms with Gasteiger partial charge in [0, 0.05) is 13.7 Å². The van der Waals surface area contributed by atoms with Crippen LogP contribution in [0, 0.1) is 5.92 Å². The van der Waals surface area contributed by atoms with Crippen molar-refractivity contribution >= 4 is 17.5 Å². The van der Waals surface area contributed by atoms with E-state index >= 15 is 0 Å². The Kier molecular flexibility index (Phi) is 5.38. The Hall–Kier alpha value is -1.82. The Morgan fingerprint density at radius 2 is 2.28 bits per heavy atom. The number of hydrogen-bond donors (Lipinski definition) is 2. The molecule has 0 amide bonds. The van der Waals surface area contributed by atoms with E-state index in [4.69, 9.17) is 10.5 Å². The SMILES string of the molecule is COCC(C)CNc1ncc(N)cc1C(=O)OC. The minimum Gasteiger partial charge on any atom is -0.465 e. The number of carbonyl (C=O) groups excluding carboxylic acids is 1. The molecule has 0 aliphatic carbocycles. The van der Waals surface area contributed by atoms with Gasteiger partial charge in [0.2, 0.25) is 0 Å². The molecule has 0 aliphatic heterocycles. The average Bonchev–Trinajstić information content (AvgIpc) is 2.36. The van der Waals surface area contributed by atoms with Gasteiger partial charge in [-0.3, -0.25) is 0 Å². The van der Waals surface area contributed by atoms with Crippen LogP contribution >= 0.6 is 0 Å². The van der Waals surface area contributed by atoms with Crippen LogP contribution in [0.1, 0.15) is 17.3 Å². The summed E-state index contributed by atoms with van der Waals surface area (Å²) in [5.74, 6) is 0.315. The molecule has 0 aliphatic rings. The molecule has 1 atom stereocenters. The second-order valence-corrected chi connectivity index (χ2v) is 4.10. The lowest BCUT2D eigenvalue weighted by atomic mass is 10.2. The number of esters is 1. The van der Waals surface area contributed by atoms with Crippen molar-refractivity contribution in [1.29, 1.82) is 0 Å². The first-order chi connectivity index (χ1) is 8.58. The van der Waals surface area contributed by atoms with Crippen molar-refractivity contribution in [1.82, 2.24) is 4.98 Å². The van der Waals surface area contributed by atoms with Crippen LogP contribution in [-0.2, 0) is 9.47 Å². The quantitative estimate of drug-likeness (QED) is 0.739. The number of aromatic nitrogens is 1. The second-order valence-electron chi connectivity index (χ2n) is 4.10. The molecule has 18 heavy (non-hydrogen) atoms. The van der Waals surface area contributed by atoms with Crippen molar-refractivity contribution in [2.45, 2.75) is 6.92 Å². The van der Waals surface area contributed by atoms with E-state index in [2.05, 4.69) is 15.0 Å². The lowest BCUT2D eigenvalue weighted by Gasteiger charge is -2.14. The smallest absolute Gasteiger partial charge is 0.341 e. The monoisotopic (exact) mass is 253 g/mol. The molecule has 0 saturated heterocycles. The molecule has 1 unspecified atom stereocenters. The van der Waals surface area contributed by atoms with E-state index in [1.54, 1.807) is 13.2 Å². The molecule has 100 valence electrons. The number of pyridine rings is 1. The summed E-state index contributed by atoms with van der Waals surface area (Å²) in [5.41, 5.74) is 6.36. The molecule has 0 spiro atoms. The largest absolute Gasteiger partial charge is 0.465 e. The zero-order chi connectivity index (χ0) is 13.5. The first-order valence-corrected chi connectivity index (χ1v) is 5.65. The number of rotatable bonds is 6. The van der Waals surface area contributed by atoms with Gasteiger partial charge < -0.3 is 20.5 Å². The highest BCUT2D eigenvalue weighted by atomic mass is 16.5. The average molecular weight is 253 g/mol. The number of nitrogens with one attached hydrogen (secondary N) is 1. The molecular formula is C12H19N3O3. The van der Waals surface area contributed by atoms with Crippen molar-refractivity contribution in [3.05, 3.63) is 17.8 Å². The number of nitrogens with two attached hydrogens (primary N) is 1. The van der Waals surface area contributed by atoms with Crippen LogP contribution in [-0.4, -0.2) is 38.3 Å². The predicted molar refractivity (Wildman–Crippen MR) is 69.5 cm³/mol.